The molecule has 5 nitrogen and oxygen atoms in total. The fourth-order valence-electron chi connectivity index (χ4n) is 2.54. The lowest BCUT2D eigenvalue weighted by Gasteiger charge is -2.08. The van der Waals surface area contributed by atoms with E-state index in [0.29, 0.717) is 17.4 Å². The Morgan fingerprint density at radius 1 is 0.920 bits per heavy atom. The van der Waals surface area contributed by atoms with Gasteiger partial charge in [0.15, 0.2) is 5.82 Å². The molecular weight excluding hydrogens is 312 g/mol. The number of amides is 1. The first-order chi connectivity index (χ1) is 12.3. The maximum atomic E-state index is 12.1. The molecule has 25 heavy (non-hydrogen) atoms. The first-order valence-electron chi connectivity index (χ1n) is 8.35. The molecule has 0 spiro atoms. The van der Waals surface area contributed by atoms with Crippen molar-refractivity contribution in [1.82, 2.24) is 15.5 Å². The molecule has 0 unspecified atom stereocenters. The van der Waals surface area contributed by atoms with Gasteiger partial charge in [0.1, 0.15) is 0 Å². The Bertz CT molecular complexity index is 874. The van der Waals surface area contributed by atoms with E-state index >= 15 is 0 Å². The Hall–Kier alpha value is -3.21. The maximum absolute atomic E-state index is 12.1. The number of benzene rings is 2. The number of hydrogen-bond donors (Lipinski definition) is 2. The zero-order valence-corrected chi connectivity index (χ0v) is 13.6. The Kier molecular flexibility index (Phi) is 4.12. The smallest absolute Gasteiger partial charge is 0.251 e. The zero-order valence-electron chi connectivity index (χ0n) is 13.6. The highest BCUT2D eigenvalue weighted by Crippen LogP contribution is 2.21. The second kappa shape index (κ2) is 6.73. The largest absolute Gasteiger partial charge is 0.349 e. The van der Waals surface area contributed by atoms with Gasteiger partial charge in [-0.15, -0.1) is 10.2 Å². The summed E-state index contributed by atoms with van der Waals surface area (Å²) in [5.74, 6) is 0.607. The summed E-state index contributed by atoms with van der Waals surface area (Å²) in [5.41, 5.74) is 3.31. The second-order valence-corrected chi connectivity index (χ2v) is 6.12. The standard InChI is InChI=1S/C20H18N4O/c25-20(22-16-9-10-16)15-7-4-8-17(13-15)21-19-12-11-18(23-24-19)14-5-2-1-3-6-14/h1-8,11-13,16H,9-10H2,(H,21,24)(H,22,25). The average Bonchev–Trinajstić information content (AvgIpc) is 3.47. The third kappa shape index (κ3) is 3.83. The van der Waals surface area contributed by atoms with Crippen molar-refractivity contribution in [2.75, 3.05) is 5.32 Å². The molecule has 0 atom stereocenters. The van der Waals surface area contributed by atoms with Gasteiger partial charge in [-0.05, 0) is 43.2 Å². The van der Waals surface area contributed by atoms with Crippen LogP contribution in [0.3, 0.4) is 0 Å². The highest BCUT2D eigenvalue weighted by atomic mass is 16.1. The number of hydrogen-bond acceptors (Lipinski definition) is 4. The first kappa shape index (κ1) is 15.3. The average molecular weight is 330 g/mol. The number of rotatable bonds is 5. The summed E-state index contributed by atoms with van der Waals surface area (Å²) in [4.78, 5) is 12.1. The first-order valence-corrected chi connectivity index (χ1v) is 8.35. The van der Waals surface area contributed by atoms with E-state index in [1.807, 2.05) is 66.7 Å². The topological polar surface area (TPSA) is 66.9 Å². The van der Waals surface area contributed by atoms with Crippen molar-refractivity contribution >= 4 is 17.4 Å². The predicted octanol–water partition coefficient (Wildman–Crippen LogP) is 3.78. The molecule has 0 bridgehead atoms. The minimum absolute atomic E-state index is 0.0309. The van der Waals surface area contributed by atoms with Gasteiger partial charge >= 0.3 is 0 Å². The molecule has 0 aliphatic heterocycles. The monoisotopic (exact) mass is 330 g/mol. The van der Waals surface area contributed by atoms with Gasteiger partial charge in [0.05, 0.1) is 5.69 Å². The normalized spacial score (nSPS) is 13.3. The molecule has 2 aromatic carbocycles. The van der Waals surface area contributed by atoms with Gasteiger partial charge < -0.3 is 10.6 Å². The molecule has 2 N–H and O–H groups in total. The minimum Gasteiger partial charge on any atom is -0.349 e. The molecule has 0 radical (unpaired) electrons. The molecule has 124 valence electrons. The highest BCUT2D eigenvalue weighted by Gasteiger charge is 2.23. The van der Waals surface area contributed by atoms with E-state index in [1.165, 1.54) is 0 Å². The molecule has 1 amide bonds. The van der Waals surface area contributed by atoms with Crippen molar-refractivity contribution < 1.29 is 4.79 Å². The third-order valence-electron chi connectivity index (χ3n) is 4.04. The summed E-state index contributed by atoms with van der Waals surface area (Å²) in [6, 6.07) is 21.5. The van der Waals surface area contributed by atoms with Crippen molar-refractivity contribution in [2.24, 2.45) is 0 Å². The fraction of sp³-hybridized carbons (Fsp3) is 0.150. The SMILES string of the molecule is O=C(NC1CC1)c1cccc(Nc2ccc(-c3ccccc3)nn2)c1. The Morgan fingerprint density at radius 2 is 1.76 bits per heavy atom. The van der Waals surface area contributed by atoms with Gasteiger partial charge in [-0.25, -0.2) is 0 Å². The van der Waals surface area contributed by atoms with Crippen LogP contribution in [-0.4, -0.2) is 22.1 Å². The third-order valence-corrected chi connectivity index (χ3v) is 4.04. The van der Waals surface area contributed by atoms with E-state index in [1.54, 1.807) is 0 Å². The van der Waals surface area contributed by atoms with Crippen LogP contribution < -0.4 is 10.6 Å². The van der Waals surface area contributed by atoms with Crippen LogP contribution in [0.25, 0.3) is 11.3 Å². The van der Waals surface area contributed by atoms with E-state index < -0.39 is 0 Å². The lowest BCUT2D eigenvalue weighted by atomic mass is 10.1. The summed E-state index contributed by atoms with van der Waals surface area (Å²) in [5, 5.41) is 14.7. The number of carbonyl (C=O) groups is 1. The summed E-state index contributed by atoms with van der Waals surface area (Å²) < 4.78 is 0. The van der Waals surface area contributed by atoms with E-state index in [4.69, 9.17) is 0 Å². The molecule has 0 saturated heterocycles. The van der Waals surface area contributed by atoms with Crippen LogP contribution in [0.5, 0.6) is 0 Å². The van der Waals surface area contributed by atoms with Crippen molar-refractivity contribution in [2.45, 2.75) is 18.9 Å². The van der Waals surface area contributed by atoms with Gasteiger partial charge in [-0.3, -0.25) is 4.79 Å². The fourth-order valence-corrected chi connectivity index (χ4v) is 2.54. The van der Waals surface area contributed by atoms with Crippen LogP contribution in [0.15, 0.2) is 66.7 Å². The molecule has 1 aliphatic carbocycles. The van der Waals surface area contributed by atoms with Crippen LogP contribution in [0, 0.1) is 0 Å². The van der Waals surface area contributed by atoms with Crippen LogP contribution in [-0.2, 0) is 0 Å². The van der Waals surface area contributed by atoms with Crippen molar-refractivity contribution in [3.05, 3.63) is 72.3 Å². The predicted molar refractivity (Wildman–Crippen MR) is 97.7 cm³/mol. The molecule has 3 aromatic rings. The van der Waals surface area contributed by atoms with Crippen LogP contribution in [0.4, 0.5) is 11.5 Å². The van der Waals surface area contributed by atoms with Gasteiger partial charge in [0.25, 0.3) is 5.91 Å². The van der Waals surface area contributed by atoms with E-state index in [-0.39, 0.29) is 5.91 Å². The lowest BCUT2D eigenvalue weighted by molar-refractivity contribution is 0.0951. The molecule has 1 heterocycles. The number of carbonyl (C=O) groups excluding carboxylic acids is 1. The molecule has 1 fully saturated rings. The summed E-state index contributed by atoms with van der Waals surface area (Å²) >= 11 is 0. The van der Waals surface area contributed by atoms with Crippen molar-refractivity contribution in [1.29, 1.82) is 0 Å². The number of nitrogens with one attached hydrogen (secondary N) is 2. The molecule has 5 heteroatoms. The second-order valence-electron chi connectivity index (χ2n) is 6.12. The van der Waals surface area contributed by atoms with Gasteiger partial charge in [0.2, 0.25) is 0 Å². The number of anilines is 2. The molecule has 1 saturated carbocycles. The summed E-state index contributed by atoms with van der Waals surface area (Å²) in [6.45, 7) is 0. The van der Waals surface area contributed by atoms with Gasteiger partial charge in [0, 0.05) is 22.9 Å². The Morgan fingerprint density at radius 3 is 2.48 bits per heavy atom. The van der Waals surface area contributed by atoms with E-state index in [9.17, 15) is 4.79 Å². The zero-order chi connectivity index (χ0) is 17.1. The summed E-state index contributed by atoms with van der Waals surface area (Å²) in [7, 11) is 0. The lowest BCUT2D eigenvalue weighted by Crippen LogP contribution is -2.25. The molecule has 1 aliphatic rings. The summed E-state index contributed by atoms with van der Waals surface area (Å²) in [6.07, 6.45) is 2.15. The quantitative estimate of drug-likeness (QED) is 0.747. The van der Waals surface area contributed by atoms with E-state index in [0.717, 1.165) is 29.8 Å². The van der Waals surface area contributed by atoms with Crippen LogP contribution in [0.2, 0.25) is 0 Å². The van der Waals surface area contributed by atoms with Crippen LogP contribution in [0.1, 0.15) is 23.2 Å². The van der Waals surface area contributed by atoms with E-state index in [2.05, 4.69) is 20.8 Å². The van der Waals surface area contributed by atoms with Crippen molar-refractivity contribution in [3.8, 4) is 11.3 Å². The highest BCUT2D eigenvalue weighted by molar-refractivity contribution is 5.95. The van der Waals surface area contributed by atoms with Crippen molar-refractivity contribution in [3.63, 3.8) is 0 Å². The molecule has 4 rings (SSSR count). The van der Waals surface area contributed by atoms with Gasteiger partial charge in [-0.2, -0.15) is 0 Å². The Balaban J connectivity index is 1.47. The number of nitrogens with zero attached hydrogens (tertiary/aromatic N) is 2. The van der Waals surface area contributed by atoms with Crippen LogP contribution >= 0.6 is 0 Å². The Labute approximate surface area is 146 Å². The molecular formula is C20H18N4O. The minimum atomic E-state index is -0.0309. The molecule has 1 aromatic heterocycles. The van der Waals surface area contributed by atoms with Gasteiger partial charge in [-0.1, -0.05) is 36.4 Å². The maximum Gasteiger partial charge on any atom is 0.251 e. The number of aromatic nitrogens is 2.